The number of anilines is 1. The van der Waals surface area contributed by atoms with Gasteiger partial charge in [-0.15, -0.1) is 0 Å². The Kier molecular flexibility index (Phi) is 6.21. The zero-order chi connectivity index (χ0) is 16.0. The quantitative estimate of drug-likeness (QED) is 0.846. The molecule has 4 heteroatoms. The van der Waals surface area contributed by atoms with Crippen LogP contribution in [-0.4, -0.2) is 26.0 Å². The molecule has 3 N–H and O–H groups in total. The van der Waals surface area contributed by atoms with Crippen LogP contribution in [0.2, 0.25) is 0 Å². The number of benzene rings is 1. The second-order valence-corrected chi connectivity index (χ2v) is 7.07. The summed E-state index contributed by atoms with van der Waals surface area (Å²) < 4.78 is 0. The lowest BCUT2D eigenvalue weighted by Gasteiger charge is -2.22. The summed E-state index contributed by atoms with van der Waals surface area (Å²) in [6.07, 6.45) is 1.23. The first-order valence-electron chi connectivity index (χ1n) is 7.46. The molecule has 0 aliphatic rings. The van der Waals surface area contributed by atoms with Gasteiger partial charge in [-0.25, -0.2) is 0 Å². The van der Waals surface area contributed by atoms with E-state index in [0.717, 1.165) is 17.7 Å². The van der Waals surface area contributed by atoms with Gasteiger partial charge in [-0.05, 0) is 29.5 Å². The Bertz CT molecular complexity index is 446. The van der Waals surface area contributed by atoms with Crippen molar-refractivity contribution < 1.29 is 4.79 Å². The summed E-state index contributed by atoms with van der Waals surface area (Å²) in [5.41, 5.74) is 8.42. The van der Waals surface area contributed by atoms with Gasteiger partial charge < -0.3 is 16.0 Å². The van der Waals surface area contributed by atoms with Gasteiger partial charge in [0.15, 0.2) is 0 Å². The van der Waals surface area contributed by atoms with Crippen LogP contribution in [0.3, 0.4) is 0 Å². The third-order valence-electron chi connectivity index (χ3n) is 3.26. The molecular formula is C17H29N3O. The lowest BCUT2D eigenvalue weighted by Crippen LogP contribution is -2.34. The third kappa shape index (κ3) is 7.14. The zero-order valence-corrected chi connectivity index (χ0v) is 13.9. The third-order valence-corrected chi connectivity index (χ3v) is 3.26. The van der Waals surface area contributed by atoms with Gasteiger partial charge in [0.05, 0.1) is 0 Å². The molecule has 21 heavy (non-hydrogen) atoms. The number of carbonyl (C=O) groups excluding carboxylic acids is 1. The zero-order valence-electron chi connectivity index (χ0n) is 13.9. The molecule has 0 aliphatic heterocycles. The number of amides is 1. The highest BCUT2D eigenvalue weighted by atomic mass is 16.1. The summed E-state index contributed by atoms with van der Waals surface area (Å²) in [7, 11) is 4.01. The molecule has 0 radical (unpaired) electrons. The number of rotatable bonds is 6. The van der Waals surface area contributed by atoms with Crippen LogP contribution in [0.25, 0.3) is 0 Å². The largest absolute Gasteiger partial charge is 0.378 e. The highest BCUT2D eigenvalue weighted by Crippen LogP contribution is 2.21. The van der Waals surface area contributed by atoms with Crippen molar-refractivity contribution in [2.75, 3.05) is 19.0 Å². The summed E-state index contributed by atoms with van der Waals surface area (Å²) in [5, 5.41) is 2.93. The first kappa shape index (κ1) is 17.5. The van der Waals surface area contributed by atoms with Crippen molar-refractivity contribution in [3.8, 4) is 0 Å². The van der Waals surface area contributed by atoms with Crippen LogP contribution in [-0.2, 0) is 11.3 Å². The van der Waals surface area contributed by atoms with Gasteiger partial charge in [0.2, 0.25) is 5.91 Å². The molecule has 0 fully saturated rings. The predicted molar refractivity (Wildman–Crippen MR) is 89.3 cm³/mol. The fourth-order valence-corrected chi connectivity index (χ4v) is 2.28. The Morgan fingerprint density at radius 1 is 1.24 bits per heavy atom. The SMILES string of the molecule is CN(C)c1ccc(CNC(=O)CC(N)CC(C)(C)C)cc1. The van der Waals surface area contributed by atoms with Gasteiger partial charge >= 0.3 is 0 Å². The van der Waals surface area contributed by atoms with Gasteiger partial charge in [0.25, 0.3) is 0 Å². The monoisotopic (exact) mass is 291 g/mol. The van der Waals surface area contributed by atoms with Gasteiger partial charge in [-0.2, -0.15) is 0 Å². The molecule has 4 nitrogen and oxygen atoms in total. The Balaban J connectivity index is 2.39. The van der Waals surface area contributed by atoms with Crippen molar-refractivity contribution in [1.82, 2.24) is 5.32 Å². The first-order chi connectivity index (χ1) is 9.67. The number of nitrogens with one attached hydrogen (secondary N) is 1. The number of nitrogens with zero attached hydrogens (tertiary/aromatic N) is 1. The molecular weight excluding hydrogens is 262 g/mol. The summed E-state index contributed by atoms with van der Waals surface area (Å²) in [6.45, 7) is 6.96. The van der Waals surface area contributed by atoms with Crippen LogP contribution in [0.15, 0.2) is 24.3 Å². The maximum Gasteiger partial charge on any atom is 0.221 e. The molecule has 1 amide bonds. The first-order valence-corrected chi connectivity index (χ1v) is 7.46. The van der Waals surface area contributed by atoms with Crippen molar-refractivity contribution in [3.63, 3.8) is 0 Å². The van der Waals surface area contributed by atoms with Crippen molar-refractivity contribution in [2.24, 2.45) is 11.1 Å². The van der Waals surface area contributed by atoms with Crippen LogP contribution in [0.4, 0.5) is 5.69 Å². The Hall–Kier alpha value is -1.55. The minimum Gasteiger partial charge on any atom is -0.378 e. The van der Waals surface area contributed by atoms with Crippen LogP contribution >= 0.6 is 0 Å². The van der Waals surface area contributed by atoms with Gasteiger partial charge in [-0.1, -0.05) is 32.9 Å². The second-order valence-electron chi connectivity index (χ2n) is 7.07. The minimum atomic E-state index is -0.0823. The molecule has 1 aromatic rings. The molecule has 1 unspecified atom stereocenters. The average Bonchev–Trinajstić information content (AvgIpc) is 2.34. The van der Waals surface area contributed by atoms with E-state index in [9.17, 15) is 4.79 Å². The lowest BCUT2D eigenvalue weighted by molar-refractivity contribution is -0.121. The molecule has 0 aliphatic carbocycles. The summed E-state index contributed by atoms with van der Waals surface area (Å²) in [4.78, 5) is 13.9. The second kappa shape index (κ2) is 7.46. The Morgan fingerprint density at radius 3 is 2.29 bits per heavy atom. The smallest absolute Gasteiger partial charge is 0.221 e. The van der Waals surface area contributed by atoms with Crippen LogP contribution in [0.1, 0.15) is 39.2 Å². The molecule has 1 atom stereocenters. The molecule has 1 rings (SSSR count). The lowest BCUT2D eigenvalue weighted by atomic mass is 9.87. The molecule has 1 aromatic carbocycles. The van der Waals surface area contributed by atoms with Gasteiger partial charge in [0.1, 0.15) is 0 Å². The van der Waals surface area contributed by atoms with E-state index >= 15 is 0 Å². The molecule has 0 spiro atoms. The van der Waals surface area contributed by atoms with Crippen molar-refractivity contribution >= 4 is 11.6 Å². The van der Waals surface area contributed by atoms with Crippen LogP contribution < -0.4 is 16.0 Å². The van der Waals surface area contributed by atoms with Gasteiger partial charge in [-0.3, -0.25) is 4.79 Å². The average molecular weight is 291 g/mol. The highest BCUT2D eigenvalue weighted by molar-refractivity contribution is 5.76. The Labute approximate surface area is 128 Å². The van der Waals surface area contributed by atoms with E-state index in [1.165, 1.54) is 0 Å². The molecule has 0 bridgehead atoms. The van der Waals surface area contributed by atoms with Crippen LogP contribution in [0.5, 0.6) is 0 Å². The molecule has 0 heterocycles. The fraction of sp³-hybridized carbons (Fsp3) is 0.588. The maximum atomic E-state index is 11.9. The number of carbonyl (C=O) groups is 1. The molecule has 0 saturated carbocycles. The summed E-state index contributed by atoms with van der Waals surface area (Å²) >= 11 is 0. The highest BCUT2D eigenvalue weighted by Gasteiger charge is 2.17. The fourth-order valence-electron chi connectivity index (χ4n) is 2.28. The van der Waals surface area contributed by atoms with E-state index in [1.54, 1.807) is 0 Å². The van der Waals surface area contributed by atoms with Crippen molar-refractivity contribution in [3.05, 3.63) is 29.8 Å². The summed E-state index contributed by atoms with van der Waals surface area (Å²) in [6, 6.07) is 8.08. The molecule has 0 aromatic heterocycles. The van der Waals surface area contributed by atoms with E-state index in [0.29, 0.717) is 13.0 Å². The van der Waals surface area contributed by atoms with Crippen molar-refractivity contribution in [2.45, 2.75) is 46.2 Å². The normalized spacial score (nSPS) is 12.9. The Morgan fingerprint density at radius 2 is 1.81 bits per heavy atom. The van der Waals surface area contributed by atoms with E-state index in [4.69, 9.17) is 5.73 Å². The van der Waals surface area contributed by atoms with Gasteiger partial charge in [0, 0.05) is 38.8 Å². The molecule has 118 valence electrons. The number of hydrogen-bond donors (Lipinski definition) is 2. The van der Waals surface area contributed by atoms with E-state index in [1.807, 2.05) is 43.3 Å². The van der Waals surface area contributed by atoms with E-state index in [-0.39, 0.29) is 17.4 Å². The van der Waals surface area contributed by atoms with E-state index in [2.05, 4.69) is 26.1 Å². The number of nitrogens with two attached hydrogens (primary N) is 1. The molecule has 0 saturated heterocycles. The van der Waals surface area contributed by atoms with Crippen LogP contribution in [0, 0.1) is 5.41 Å². The minimum absolute atomic E-state index is 0.0171. The standard InChI is InChI=1S/C17H29N3O/c1-17(2,3)11-14(18)10-16(21)19-12-13-6-8-15(9-7-13)20(4)5/h6-9,14H,10-12,18H2,1-5H3,(H,19,21). The summed E-state index contributed by atoms with van der Waals surface area (Å²) in [5.74, 6) is 0.0171. The topological polar surface area (TPSA) is 58.4 Å². The van der Waals surface area contributed by atoms with E-state index < -0.39 is 0 Å². The number of hydrogen-bond acceptors (Lipinski definition) is 3. The van der Waals surface area contributed by atoms with Crippen molar-refractivity contribution in [1.29, 1.82) is 0 Å². The predicted octanol–water partition coefficient (Wildman–Crippen LogP) is 2.52. The maximum absolute atomic E-state index is 11.9.